The average molecular weight is 451 g/mol. The van der Waals surface area contributed by atoms with E-state index in [4.69, 9.17) is 0 Å². The van der Waals surface area contributed by atoms with Crippen molar-refractivity contribution in [3.63, 3.8) is 0 Å². The van der Waals surface area contributed by atoms with Crippen LogP contribution in [0.25, 0.3) is 10.9 Å². The number of allylic oxidation sites excluding steroid dienone is 2. The molecule has 1 aromatic heterocycles. The van der Waals surface area contributed by atoms with E-state index in [0.717, 1.165) is 9.54 Å². The zero-order valence-corrected chi connectivity index (χ0v) is 18.2. The van der Waals surface area contributed by atoms with Gasteiger partial charge in [0.1, 0.15) is 5.60 Å². The lowest BCUT2D eigenvalue weighted by molar-refractivity contribution is -0.119. The Morgan fingerprint density at radius 2 is 1.72 bits per heavy atom. The Morgan fingerprint density at radius 3 is 2.38 bits per heavy atom. The number of carbonyl (C=O) groups excluding carboxylic acids is 2. The van der Waals surface area contributed by atoms with Crippen molar-refractivity contribution in [2.45, 2.75) is 23.8 Å². The highest BCUT2D eigenvalue weighted by Gasteiger charge is 2.34. The second kappa shape index (κ2) is 8.22. The molecule has 1 amide bonds. The molecule has 7 nitrogen and oxygen atoms in total. The van der Waals surface area contributed by atoms with Crippen LogP contribution in [0.5, 0.6) is 0 Å². The molecule has 1 aliphatic rings. The van der Waals surface area contributed by atoms with Crippen molar-refractivity contribution >= 4 is 32.6 Å². The number of benzene rings is 2. The standard InChI is InChI=1S/C24H22N2O5S/c1-17(27)25-15-12-18-6-8-21(9-7-18)32(30,31)26-22-5-3-2-4-19(22)16-23(26)24(29)13-10-20(28)11-14-24/h2-11,13-14,16,29H,12,15H2,1H3,(H,25,27). The highest BCUT2D eigenvalue weighted by Crippen LogP contribution is 2.35. The number of rotatable bonds is 6. The van der Waals surface area contributed by atoms with Crippen LogP contribution in [0.1, 0.15) is 18.2 Å². The molecule has 32 heavy (non-hydrogen) atoms. The van der Waals surface area contributed by atoms with Crippen LogP contribution in [0.2, 0.25) is 0 Å². The van der Waals surface area contributed by atoms with Gasteiger partial charge in [0.15, 0.2) is 5.78 Å². The molecule has 0 spiro atoms. The Hall–Kier alpha value is -3.49. The minimum Gasteiger partial charge on any atom is -0.376 e. The normalized spacial score (nSPS) is 15.2. The second-order valence-electron chi connectivity index (χ2n) is 7.63. The first-order valence-corrected chi connectivity index (χ1v) is 11.5. The number of hydrogen-bond acceptors (Lipinski definition) is 5. The Labute approximate surface area is 185 Å². The lowest BCUT2D eigenvalue weighted by Gasteiger charge is -2.25. The maximum absolute atomic E-state index is 13.7. The number of amides is 1. The first kappa shape index (κ1) is 21.7. The molecular weight excluding hydrogens is 428 g/mol. The van der Waals surface area contributed by atoms with Crippen LogP contribution in [0.3, 0.4) is 0 Å². The molecule has 1 heterocycles. The van der Waals surface area contributed by atoms with Gasteiger partial charge in [0.05, 0.1) is 16.1 Å². The largest absolute Gasteiger partial charge is 0.376 e. The average Bonchev–Trinajstić information content (AvgIpc) is 3.17. The van der Waals surface area contributed by atoms with E-state index >= 15 is 0 Å². The summed E-state index contributed by atoms with van der Waals surface area (Å²) in [5.41, 5.74) is -0.332. The number of carbonyl (C=O) groups is 2. The number of aliphatic hydroxyl groups is 1. The van der Waals surface area contributed by atoms with Crippen LogP contribution in [-0.2, 0) is 31.6 Å². The Bertz CT molecular complexity index is 1350. The lowest BCUT2D eigenvalue weighted by atomic mass is 9.94. The molecule has 0 radical (unpaired) electrons. The van der Waals surface area contributed by atoms with E-state index < -0.39 is 15.6 Å². The van der Waals surface area contributed by atoms with E-state index in [9.17, 15) is 23.1 Å². The van der Waals surface area contributed by atoms with Gasteiger partial charge in [-0.3, -0.25) is 9.59 Å². The molecule has 164 valence electrons. The highest BCUT2D eigenvalue weighted by molar-refractivity contribution is 7.90. The molecule has 4 rings (SSSR count). The van der Waals surface area contributed by atoms with Gasteiger partial charge in [-0.15, -0.1) is 0 Å². The summed E-state index contributed by atoms with van der Waals surface area (Å²) in [7, 11) is -4.07. The number of aromatic nitrogens is 1. The quantitative estimate of drug-likeness (QED) is 0.600. The van der Waals surface area contributed by atoms with Gasteiger partial charge in [0.25, 0.3) is 10.0 Å². The van der Waals surface area contributed by atoms with Crippen LogP contribution < -0.4 is 5.32 Å². The zero-order valence-electron chi connectivity index (χ0n) is 17.4. The molecule has 0 saturated heterocycles. The Balaban J connectivity index is 1.79. The molecule has 0 fully saturated rings. The van der Waals surface area contributed by atoms with Gasteiger partial charge >= 0.3 is 0 Å². The third-order valence-corrected chi connectivity index (χ3v) is 7.07. The highest BCUT2D eigenvalue weighted by atomic mass is 32.2. The predicted octanol–water partition coefficient (Wildman–Crippen LogP) is 2.44. The van der Waals surface area contributed by atoms with E-state index in [1.54, 1.807) is 42.5 Å². The van der Waals surface area contributed by atoms with Gasteiger partial charge in [-0.05, 0) is 60.6 Å². The van der Waals surface area contributed by atoms with Gasteiger partial charge < -0.3 is 10.4 Å². The lowest BCUT2D eigenvalue weighted by Crippen LogP contribution is -2.29. The maximum Gasteiger partial charge on any atom is 0.268 e. The minimum absolute atomic E-state index is 0.0619. The number of nitrogens with one attached hydrogen (secondary N) is 1. The van der Waals surface area contributed by atoms with Crippen molar-refractivity contribution in [2.75, 3.05) is 6.54 Å². The maximum atomic E-state index is 13.7. The first-order chi connectivity index (χ1) is 15.2. The molecule has 0 bridgehead atoms. The fraction of sp³-hybridized carbons (Fsp3) is 0.167. The van der Waals surface area contributed by atoms with Gasteiger partial charge in [-0.1, -0.05) is 30.3 Å². The molecule has 0 atom stereocenters. The fourth-order valence-corrected chi connectivity index (χ4v) is 5.26. The van der Waals surface area contributed by atoms with E-state index in [0.29, 0.717) is 23.9 Å². The van der Waals surface area contributed by atoms with Crippen molar-refractivity contribution in [1.29, 1.82) is 0 Å². The zero-order chi connectivity index (χ0) is 22.9. The summed E-state index contributed by atoms with van der Waals surface area (Å²) < 4.78 is 28.5. The van der Waals surface area contributed by atoms with Crippen molar-refractivity contribution in [3.8, 4) is 0 Å². The molecule has 2 N–H and O–H groups in total. The molecule has 2 aromatic carbocycles. The van der Waals surface area contributed by atoms with Crippen molar-refractivity contribution < 1.29 is 23.1 Å². The van der Waals surface area contributed by atoms with Crippen molar-refractivity contribution in [3.05, 3.63) is 90.2 Å². The molecular formula is C24H22N2O5S. The fourth-order valence-electron chi connectivity index (χ4n) is 3.68. The summed E-state index contributed by atoms with van der Waals surface area (Å²) in [6.45, 7) is 1.90. The summed E-state index contributed by atoms with van der Waals surface area (Å²) in [6.07, 6.45) is 5.60. The summed E-state index contributed by atoms with van der Waals surface area (Å²) in [6, 6.07) is 15.0. The van der Waals surface area contributed by atoms with E-state index in [2.05, 4.69) is 5.32 Å². The van der Waals surface area contributed by atoms with Crippen LogP contribution >= 0.6 is 0 Å². The van der Waals surface area contributed by atoms with E-state index in [1.807, 2.05) is 0 Å². The summed E-state index contributed by atoms with van der Waals surface area (Å²) >= 11 is 0. The topological polar surface area (TPSA) is 105 Å². The third kappa shape index (κ3) is 4.02. The van der Waals surface area contributed by atoms with Gasteiger partial charge in [0.2, 0.25) is 5.91 Å². The monoisotopic (exact) mass is 450 g/mol. The van der Waals surface area contributed by atoms with Crippen molar-refractivity contribution in [2.24, 2.45) is 0 Å². The molecule has 1 aliphatic carbocycles. The SMILES string of the molecule is CC(=O)NCCc1ccc(S(=O)(=O)n2c(C3(O)C=CC(=O)C=C3)cc3ccccc32)cc1. The molecule has 3 aromatic rings. The number of nitrogens with zero attached hydrogens (tertiary/aromatic N) is 1. The molecule has 0 unspecified atom stereocenters. The molecule has 8 heteroatoms. The Morgan fingerprint density at radius 1 is 1.06 bits per heavy atom. The van der Waals surface area contributed by atoms with E-state index in [1.165, 1.54) is 43.4 Å². The Kier molecular flexibility index (Phi) is 5.58. The van der Waals surface area contributed by atoms with Gasteiger partial charge in [0, 0.05) is 18.9 Å². The van der Waals surface area contributed by atoms with E-state index in [-0.39, 0.29) is 22.3 Å². The van der Waals surface area contributed by atoms with Crippen LogP contribution in [0, 0.1) is 0 Å². The summed E-state index contributed by atoms with van der Waals surface area (Å²) in [5, 5.41) is 14.5. The third-order valence-electron chi connectivity index (χ3n) is 5.33. The smallest absolute Gasteiger partial charge is 0.268 e. The predicted molar refractivity (Wildman–Crippen MR) is 121 cm³/mol. The van der Waals surface area contributed by atoms with Gasteiger partial charge in [-0.25, -0.2) is 12.4 Å². The van der Waals surface area contributed by atoms with Gasteiger partial charge in [-0.2, -0.15) is 0 Å². The number of fused-ring (bicyclic) bond motifs is 1. The number of para-hydroxylation sites is 1. The number of ketones is 1. The first-order valence-electron chi connectivity index (χ1n) is 10.1. The van der Waals surface area contributed by atoms with Crippen LogP contribution in [0.15, 0.2) is 83.8 Å². The summed E-state index contributed by atoms with van der Waals surface area (Å²) in [4.78, 5) is 22.7. The molecule has 0 aliphatic heterocycles. The number of hydrogen-bond donors (Lipinski definition) is 2. The second-order valence-corrected chi connectivity index (χ2v) is 9.42. The van der Waals surface area contributed by atoms with Crippen molar-refractivity contribution in [1.82, 2.24) is 9.29 Å². The van der Waals surface area contributed by atoms with Crippen LogP contribution in [-0.4, -0.2) is 35.7 Å². The minimum atomic E-state index is -4.07. The molecule has 0 saturated carbocycles. The van der Waals surface area contributed by atoms with Crippen LogP contribution in [0.4, 0.5) is 0 Å². The summed E-state index contributed by atoms with van der Waals surface area (Å²) in [5.74, 6) is -0.406.